The molecule has 0 saturated carbocycles. The Hall–Kier alpha value is -0.670. The Balaban J connectivity index is 0.00000144. The fourth-order valence-electron chi connectivity index (χ4n) is 1.82. The number of aryl methyl sites for hydroxylation is 2. The summed E-state index contributed by atoms with van der Waals surface area (Å²) in [5.74, 6) is 0. The molecule has 0 N–H and O–H groups in total. The number of benzene rings is 1. The summed E-state index contributed by atoms with van der Waals surface area (Å²) in [4.78, 5) is 4.51. The minimum Gasteiger partial charge on any atom is -0.256 e. The summed E-state index contributed by atoms with van der Waals surface area (Å²) in [5, 5.41) is 0.970. The first-order valence-corrected chi connectivity index (χ1v) is 6.51. The third-order valence-corrected chi connectivity index (χ3v) is 3.05. The van der Waals surface area contributed by atoms with Crippen LogP contribution in [-0.2, 0) is 6.42 Å². The average Bonchev–Trinajstić information content (AvgIpc) is 2.31. The first-order valence-electron chi connectivity index (χ1n) is 5.39. The highest BCUT2D eigenvalue weighted by Crippen LogP contribution is 2.24. The number of rotatable bonds is 3. The van der Waals surface area contributed by atoms with E-state index in [9.17, 15) is 0 Å². The van der Waals surface area contributed by atoms with Gasteiger partial charge in [-0.15, -0.1) is 17.0 Å². The van der Waals surface area contributed by atoms with Gasteiger partial charge in [0, 0.05) is 17.1 Å². The SMILES string of the molecule is Br.Cc1ccccc1-c1ncccc1CCBr. The van der Waals surface area contributed by atoms with Crippen molar-refractivity contribution in [3.63, 3.8) is 0 Å². The Labute approximate surface area is 121 Å². The lowest BCUT2D eigenvalue weighted by molar-refractivity contribution is 1.13. The molecule has 0 saturated heterocycles. The van der Waals surface area contributed by atoms with Crippen molar-refractivity contribution in [3.8, 4) is 11.3 Å². The van der Waals surface area contributed by atoms with Crippen molar-refractivity contribution in [1.29, 1.82) is 0 Å². The number of hydrogen-bond donors (Lipinski definition) is 0. The van der Waals surface area contributed by atoms with Gasteiger partial charge in [-0.2, -0.15) is 0 Å². The van der Waals surface area contributed by atoms with Crippen molar-refractivity contribution in [1.82, 2.24) is 4.98 Å². The Kier molecular flexibility index (Phi) is 5.86. The molecule has 0 atom stereocenters. The van der Waals surface area contributed by atoms with E-state index in [4.69, 9.17) is 0 Å². The van der Waals surface area contributed by atoms with Crippen molar-refractivity contribution in [2.45, 2.75) is 13.3 Å². The molecule has 0 radical (unpaired) electrons. The lowest BCUT2D eigenvalue weighted by Crippen LogP contribution is -1.95. The maximum atomic E-state index is 4.51. The number of halogens is 2. The molecule has 1 heterocycles. The maximum Gasteiger partial charge on any atom is 0.0736 e. The molecule has 17 heavy (non-hydrogen) atoms. The van der Waals surface area contributed by atoms with Crippen LogP contribution in [0.4, 0.5) is 0 Å². The summed E-state index contributed by atoms with van der Waals surface area (Å²) < 4.78 is 0. The lowest BCUT2D eigenvalue weighted by Gasteiger charge is -2.09. The monoisotopic (exact) mass is 355 g/mol. The molecule has 1 aromatic carbocycles. The number of pyridine rings is 1. The quantitative estimate of drug-likeness (QED) is 0.734. The lowest BCUT2D eigenvalue weighted by atomic mass is 10.0. The summed E-state index contributed by atoms with van der Waals surface area (Å²) in [6.45, 7) is 2.13. The highest BCUT2D eigenvalue weighted by molar-refractivity contribution is 9.09. The molecule has 0 fully saturated rings. The third kappa shape index (κ3) is 3.39. The topological polar surface area (TPSA) is 12.9 Å². The second-order valence-electron chi connectivity index (χ2n) is 3.77. The number of alkyl halides is 1. The molecular formula is C14H15Br2N. The molecule has 3 heteroatoms. The Morgan fingerprint density at radius 3 is 2.59 bits per heavy atom. The minimum absolute atomic E-state index is 0. The van der Waals surface area contributed by atoms with Gasteiger partial charge in [-0.1, -0.05) is 46.3 Å². The van der Waals surface area contributed by atoms with Gasteiger partial charge in [0.2, 0.25) is 0 Å². The van der Waals surface area contributed by atoms with Crippen LogP contribution in [0.1, 0.15) is 11.1 Å². The molecular weight excluding hydrogens is 342 g/mol. The molecule has 1 nitrogen and oxygen atoms in total. The van der Waals surface area contributed by atoms with Crippen LogP contribution < -0.4 is 0 Å². The van der Waals surface area contributed by atoms with Gasteiger partial charge in [0.25, 0.3) is 0 Å². The molecule has 0 aliphatic rings. The summed E-state index contributed by atoms with van der Waals surface area (Å²) in [5.41, 5.74) is 4.92. The Morgan fingerprint density at radius 1 is 1.12 bits per heavy atom. The molecule has 0 aliphatic heterocycles. The number of hydrogen-bond acceptors (Lipinski definition) is 1. The van der Waals surface area contributed by atoms with E-state index in [0.717, 1.165) is 17.4 Å². The van der Waals surface area contributed by atoms with E-state index < -0.39 is 0 Å². The van der Waals surface area contributed by atoms with E-state index in [1.165, 1.54) is 16.7 Å². The number of aromatic nitrogens is 1. The fraction of sp³-hybridized carbons (Fsp3) is 0.214. The normalized spacial score (nSPS) is 9.76. The molecule has 0 unspecified atom stereocenters. The molecule has 0 bridgehead atoms. The van der Waals surface area contributed by atoms with Gasteiger partial charge in [-0.25, -0.2) is 0 Å². The zero-order valence-electron chi connectivity index (χ0n) is 9.69. The molecule has 90 valence electrons. The zero-order chi connectivity index (χ0) is 11.4. The van der Waals surface area contributed by atoms with Crippen LogP contribution >= 0.6 is 32.9 Å². The predicted molar refractivity (Wildman–Crippen MR) is 82.2 cm³/mol. The van der Waals surface area contributed by atoms with Crippen LogP contribution in [0.15, 0.2) is 42.6 Å². The minimum atomic E-state index is 0. The van der Waals surface area contributed by atoms with Crippen molar-refractivity contribution < 1.29 is 0 Å². The number of nitrogens with zero attached hydrogens (tertiary/aromatic N) is 1. The first-order chi connectivity index (χ1) is 7.83. The van der Waals surface area contributed by atoms with Crippen molar-refractivity contribution in [2.75, 3.05) is 5.33 Å². The van der Waals surface area contributed by atoms with Crippen LogP contribution in [-0.4, -0.2) is 10.3 Å². The van der Waals surface area contributed by atoms with E-state index >= 15 is 0 Å². The van der Waals surface area contributed by atoms with Crippen LogP contribution in [0.2, 0.25) is 0 Å². The van der Waals surface area contributed by atoms with Crippen LogP contribution in [0.5, 0.6) is 0 Å². The molecule has 0 spiro atoms. The van der Waals surface area contributed by atoms with Crippen molar-refractivity contribution >= 4 is 32.9 Å². The standard InChI is InChI=1S/C14H14BrN.BrH/c1-11-5-2-3-7-13(11)14-12(8-9-15)6-4-10-16-14;/h2-7,10H,8-9H2,1H3;1H. The van der Waals surface area contributed by atoms with Gasteiger partial charge in [0.1, 0.15) is 0 Å². The first kappa shape index (κ1) is 14.4. The van der Waals surface area contributed by atoms with Crippen LogP contribution in [0.25, 0.3) is 11.3 Å². The van der Waals surface area contributed by atoms with E-state index in [0.29, 0.717) is 0 Å². The molecule has 1 aromatic heterocycles. The summed E-state index contributed by atoms with van der Waals surface area (Å²) in [6, 6.07) is 12.5. The average molecular weight is 357 g/mol. The highest BCUT2D eigenvalue weighted by Gasteiger charge is 2.07. The second-order valence-corrected chi connectivity index (χ2v) is 4.56. The summed E-state index contributed by atoms with van der Waals surface area (Å²) >= 11 is 3.48. The Morgan fingerprint density at radius 2 is 1.88 bits per heavy atom. The summed E-state index contributed by atoms with van der Waals surface area (Å²) in [7, 11) is 0. The molecule has 0 amide bonds. The molecule has 2 rings (SSSR count). The predicted octanol–water partition coefficient (Wildman–Crippen LogP) is 4.57. The van der Waals surface area contributed by atoms with E-state index in [1.807, 2.05) is 12.3 Å². The van der Waals surface area contributed by atoms with Crippen LogP contribution in [0.3, 0.4) is 0 Å². The van der Waals surface area contributed by atoms with E-state index in [2.05, 4.69) is 58.2 Å². The largest absolute Gasteiger partial charge is 0.256 e. The van der Waals surface area contributed by atoms with Gasteiger partial charge in [-0.05, 0) is 30.5 Å². The third-order valence-electron chi connectivity index (χ3n) is 2.66. The maximum absolute atomic E-state index is 4.51. The van der Waals surface area contributed by atoms with Crippen molar-refractivity contribution in [2.24, 2.45) is 0 Å². The summed E-state index contributed by atoms with van der Waals surface area (Å²) in [6.07, 6.45) is 2.87. The van der Waals surface area contributed by atoms with Gasteiger partial charge >= 0.3 is 0 Å². The highest BCUT2D eigenvalue weighted by atomic mass is 79.9. The van der Waals surface area contributed by atoms with Crippen molar-refractivity contribution in [3.05, 3.63) is 53.7 Å². The van der Waals surface area contributed by atoms with Gasteiger partial charge in [0.15, 0.2) is 0 Å². The van der Waals surface area contributed by atoms with E-state index in [-0.39, 0.29) is 17.0 Å². The van der Waals surface area contributed by atoms with Gasteiger partial charge in [-0.3, -0.25) is 4.98 Å². The smallest absolute Gasteiger partial charge is 0.0736 e. The second kappa shape index (κ2) is 6.92. The van der Waals surface area contributed by atoms with Crippen LogP contribution in [0, 0.1) is 6.92 Å². The molecule has 0 aliphatic carbocycles. The van der Waals surface area contributed by atoms with Gasteiger partial charge < -0.3 is 0 Å². The fourth-order valence-corrected chi connectivity index (χ4v) is 2.25. The molecule has 2 aromatic rings. The van der Waals surface area contributed by atoms with E-state index in [1.54, 1.807) is 0 Å². The zero-order valence-corrected chi connectivity index (χ0v) is 13.0. The van der Waals surface area contributed by atoms with Gasteiger partial charge in [0.05, 0.1) is 5.69 Å². The Bertz CT molecular complexity index is 483.